The molecule has 0 unspecified atom stereocenters. The zero-order valence-electron chi connectivity index (χ0n) is 14.5. The van der Waals surface area contributed by atoms with Gasteiger partial charge in [-0.2, -0.15) is 0 Å². The van der Waals surface area contributed by atoms with Crippen LogP contribution in [0.15, 0.2) is 16.5 Å². The van der Waals surface area contributed by atoms with E-state index in [9.17, 15) is 4.79 Å². The Morgan fingerprint density at radius 3 is 2.62 bits per heavy atom. The highest BCUT2D eigenvalue weighted by molar-refractivity contribution is 5.91. The van der Waals surface area contributed by atoms with E-state index in [0.29, 0.717) is 12.3 Å². The van der Waals surface area contributed by atoms with Gasteiger partial charge in [0.1, 0.15) is 5.76 Å². The average Bonchev–Trinajstić information content (AvgIpc) is 3.09. The van der Waals surface area contributed by atoms with Gasteiger partial charge in [-0.15, -0.1) is 0 Å². The number of rotatable bonds is 7. The van der Waals surface area contributed by atoms with Crippen molar-refractivity contribution in [3.05, 3.63) is 23.7 Å². The second kappa shape index (κ2) is 9.20. The zero-order chi connectivity index (χ0) is 16.6. The highest BCUT2D eigenvalue weighted by Crippen LogP contribution is 2.15. The lowest BCUT2D eigenvalue weighted by Gasteiger charge is -2.26. The summed E-state index contributed by atoms with van der Waals surface area (Å²) >= 11 is 0. The number of amides is 1. The van der Waals surface area contributed by atoms with Crippen LogP contribution in [-0.2, 0) is 11.3 Å². The molecule has 0 spiro atoms. The van der Waals surface area contributed by atoms with Gasteiger partial charge < -0.3 is 14.5 Å². The van der Waals surface area contributed by atoms with Gasteiger partial charge in [0.25, 0.3) is 5.91 Å². The van der Waals surface area contributed by atoms with Gasteiger partial charge in [-0.05, 0) is 51.0 Å². The van der Waals surface area contributed by atoms with Gasteiger partial charge >= 0.3 is 0 Å². The summed E-state index contributed by atoms with van der Waals surface area (Å²) in [5.41, 5.74) is 0. The molecule has 2 fully saturated rings. The normalized spacial score (nSPS) is 20.2. The van der Waals surface area contributed by atoms with Crippen molar-refractivity contribution in [2.75, 3.05) is 52.5 Å². The van der Waals surface area contributed by atoms with Crippen LogP contribution in [0.3, 0.4) is 0 Å². The number of nitrogens with one attached hydrogen (secondary N) is 1. The lowest BCUT2D eigenvalue weighted by Crippen LogP contribution is -2.38. The Balaban J connectivity index is 1.35. The maximum absolute atomic E-state index is 12.1. The molecule has 1 N–H and O–H groups in total. The first-order chi connectivity index (χ1) is 11.8. The summed E-state index contributed by atoms with van der Waals surface area (Å²) < 4.78 is 11.0. The van der Waals surface area contributed by atoms with E-state index in [1.54, 1.807) is 6.07 Å². The third-order valence-electron chi connectivity index (χ3n) is 4.75. The summed E-state index contributed by atoms with van der Waals surface area (Å²) in [6, 6.07) is 3.72. The molecular weight excluding hydrogens is 306 g/mol. The molecule has 2 saturated heterocycles. The molecule has 2 aliphatic heterocycles. The van der Waals surface area contributed by atoms with Crippen LogP contribution < -0.4 is 5.32 Å². The second-order valence-corrected chi connectivity index (χ2v) is 6.67. The molecule has 3 heterocycles. The van der Waals surface area contributed by atoms with Crippen molar-refractivity contribution in [1.82, 2.24) is 15.1 Å². The van der Waals surface area contributed by atoms with Crippen LogP contribution in [0.25, 0.3) is 0 Å². The van der Waals surface area contributed by atoms with Crippen molar-refractivity contribution in [2.45, 2.75) is 32.2 Å². The van der Waals surface area contributed by atoms with Crippen LogP contribution in [0.2, 0.25) is 0 Å². The Morgan fingerprint density at radius 2 is 1.83 bits per heavy atom. The molecular formula is C18H29N3O3. The van der Waals surface area contributed by atoms with Crippen LogP contribution in [0.4, 0.5) is 0 Å². The monoisotopic (exact) mass is 335 g/mol. The maximum Gasteiger partial charge on any atom is 0.286 e. The Labute approximate surface area is 144 Å². The van der Waals surface area contributed by atoms with E-state index in [2.05, 4.69) is 15.1 Å². The van der Waals surface area contributed by atoms with E-state index < -0.39 is 0 Å². The van der Waals surface area contributed by atoms with Gasteiger partial charge in [0.2, 0.25) is 0 Å². The fourth-order valence-corrected chi connectivity index (χ4v) is 3.34. The SMILES string of the molecule is O=C(NCCCN1CCOCC1)c1ccc(CN2CCCCC2)o1. The van der Waals surface area contributed by atoms with Crippen LogP contribution in [0, 0.1) is 0 Å². The van der Waals surface area contributed by atoms with Crippen LogP contribution in [-0.4, -0.2) is 68.2 Å². The third-order valence-corrected chi connectivity index (χ3v) is 4.75. The Kier molecular flexibility index (Phi) is 6.69. The van der Waals surface area contributed by atoms with E-state index in [4.69, 9.17) is 9.15 Å². The predicted molar refractivity (Wildman–Crippen MR) is 92.0 cm³/mol. The summed E-state index contributed by atoms with van der Waals surface area (Å²) in [6.45, 7) is 8.37. The molecule has 6 heteroatoms. The molecule has 1 aromatic heterocycles. The van der Waals surface area contributed by atoms with Gasteiger partial charge in [-0.25, -0.2) is 0 Å². The first-order valence-corrected chi connectivity index (χ1v) is 9.20. The Morgan fingerprint density at radius 1 is 1.04 bits per heavy atom. The van der Waals surface area contributed by atoms with Crippen molar-refractivity contribution in [2.24, 2.45) is 0 Å². The van der Waals surface area contributed by atoms with Crippen molar-refractivity contribution in [3.63, 3.8) is 0 Å². The minimum Gasteiger partial charge on any atom is -0.455 e. The fraction of sp³-hybridized carbons (Fsp3) is 0.722. The van der Waals surface area contributed by atoms with Crippen molar-refractivity contribution in [1.29, 1.82) is 0 Å². The number of carbonyl (C=O) groups is 1. The van der Waals surface area contributed by atoms with Gasteiger partial charge in [0.15, 0.2) is 5.76 Å². The van der Waals surface area contributed by atoms with Crippen molar-refractivity contribution < 1.29 is 13.9 Å². The van der Waals surface area contributed by atoms with Gasteiger partial charge in [0, 0.05) is 19.6 Å². The summed E-state index contributed by atoms with van der Waals surface area (Å²) in [6.07, 6.45) is 4.80. The van der Waals surface area contributed by atoms with Crippen LogP contribution >= 0.6 is 0 Å². The predicted octanol–water partition coefficient (Wildman–Crippen LogP) is 1.72. The topological polar surface area (TPSA) is 58.0 Å². The van der Waals surface area contributed by atoms with Crippen molar-refractivity contribution >= 4 is 5.91 Å². The molecule has 134 valence electrons. The first kappa shape index (κ1) is 17.5. The van der Waals surface area contributed by atoms with E-state index in [0.717, 1.165) is 64.7 Å². The second-order valence-electron chi connectivity index (χ2n) is 6.67. The minimum absolute atomic E-state index is 0.109. The summed E-state index contributed by atoms with van der Waals surface area (Å²) in [5.74, 6) is 1.20. The third kappa shape index (κ3) is 5.33. The first-order valence-electron chi connectivity index (χ1n) is 9.20. The molecule has 6 nitrogen and oxygen atoms in total. The number of furan rings is 1. The molecule has 0 bridgehead atoms. The summed E-state index contributed by atoms with van der Waals surface area (Å²) in [4.78, 5) is 16.9. The molecule has 0 aromatic carbocycles. The molecule has 0 atom stereocenters. The van der Waals surface area contributed by atoms with Gasteiger partial charge in [-0.1, -0.05) is 6.42 Å². The molecule has 24 heavy (non-hydrogen) atoms. The fourth-order valence-electron chi connectivity index (χ4n) is 3.34. The van der Waals surface area contributed by atoms with E-state index in [1.165, 1.54) is 19.3 Å². The minimum atomic E-state index is -0.109. The highest BCUT2D eigenvalue weighted by atomic mass is 16.5. The molecule has 1 aromatic rings. The molecule has 3 rings (SSSR count). The molecule has 0 saturated carbocycles. The van der Waals surface area contributed by atoms with Gasteiger partial charge in [0.05, 0.1) is 19.8 Å². The number of piperidine rings is 1. The standard InChI is InChI=1S/C18H29N3O3/c22-18(19-7-4-10-20-11-13-23-14-12-20)17-6-5-16(24-17)15-21-8-2-1-3-9-21/h5-6H,1-4,7-15H2,(H,19,22). The van der Waals surface area contributed by atoms with Crippen LogP contribution in [0.5, 0.6) is 0 Å². The smallest absolute Gasteiger partial charge is 0.286 e. The number of morpholine rings is 1. The van der Waals surface area contributed by atoms with E-state index >= 15 is 0 Å². The van der Waals surface area contributed by atoms with E-state index in [1.807, 2.05) is 6.07 Å². The largest absolute Gasteiger partial charge is 0.455 e. The van der Waals surface area contributed by atoms with Gasteiger partial charge in [-0.3, -0.25) is 14.6 Å². The van der Waals surface area contributed by atoms with Crippen LogP contribution in [0.1, 0.15) is 42.0 Å². The number of nitrogens with zero attached hydrogens (tertiary/aromatic N) is 2. The lowest BCUT2D eigenvalue weighted by atomic mass is 10.1. The molecule has 0 radical (unpaired) electrons. The Bertz CT molecular complexity index is 505. The number of likely N-dealkylation sites (tertiary alicyclic amines) is 1. The summed E-state index contributed by atoms with van der Waals surface area (Å²) in [7, 11) is 0. The lowest BCUT2D eigenvalue weighted by molar-refractivity contribution is 0.0374. The zero-order valence-corrected chi connectivity index (χ0v) is 14.5. The highest BCUT2D eigenvalue weighted by Gasteiger charge is 2.15. The van der Waals surface area contributed by atoms with E-state index in [-0.39, 0.29) is 5.91 Å². The molecule has 2 aliphatic rings. The molecule has 0 aliphatic carbocycles. The van der Waals surface area contributed by atoms with Crippen molar-refractivity contribution in [3.8, 4) is 0 Å². The quantitative estimate of drug-likeness (QED) is 0.769. The number of hydrogen-bond donors (Lipinski definition) is 1. The summed E-state index contributed by atoms with van der Waals surface area (Å²) in [5, 5.41) is 2.95. The maximum atomic E-state index is 12.1. The average molecular weight is 335 g/mol. The Hall–Kier alpha value is -1.37. The number of ether oxygens (including phenoxy) is 1. The number of hydrogen-bond acceptors (Lipinski definition) is 5. The molecule has 1 amide bonds. The number of carbonyl (C=O) groups excluding carboxylic acids is 1.